The molecule has 1 unspecified atom stereocenters. The van der Waals surface area contributed by atoms with Crippen LogP contribution in [0.3, 0.4) is 0 Å². The molecular formula is C13H25ClN2O. The summed E-state index contributed by atoms with van der Waals surface area (Å²) in [6.45, 7) is 8.46. The summed E-state index contributed by atoms with van der Waals surface area (Å²) >= 11 is 0. The van der Waals surface area contributed by atoms with Gasteiger partial charge in [-0.2, -0.15) is 0 Å². The number of amides is 1. The highest BCUT2D eigenvalue weighted by Crippen LogP contribution is 2.30. The van der Waals surface area contributed by atoms with Gasteiger partial charge in [-0.25, -0.2) is 0 Å². The molecule has 1 N–H and O–H groups in total. The number of halogens is 1. The van der Waals surface area contributed by atoms with Crippen molar-refractivity contribution in [2.75, 3.05) is 26.2 Å². The molecule has 2 saturated heterocycles. The molecule has 2 rings (SSSR count). The molecule has 17 heavy (non-hydrogen) atoms. The van der Waals surface area contributed by atoms with Gasteiger partial charge in [-0.15, -0.1) is 12.4 Å². The summed E-state index contributed by atoms with van der Waals surface area (Å²) < 4.78 is 0. The Balaban J connectivity index is 0.00000144. The molecule has 0 aliphatic carbocycles. The summed E-state index contributed by atoms with van der Waals surface area (Å²) in [6.07, 6.45) is 4.59. The Morgan fingerprint density at radius 1 is 1.29 bits per heavy atom. The van der Waals surface area contributed by atoms with E-state index in [0.717, 1.165) is 39.0 Å². The molecule has 0 spiro atoms. The predicted octanol–water partition coefficient (Wildman–Crippen LogP) is 2.06. The number of hydrogen-bond acceptors (Lipinski definition) is 2. The standard InChI is InChI=1S/C13H24N2O.ClH/c1-13(2)5-3-8-15(9-6-13)12(16)11-4-7-14-10-11;/h11,14H,3-10H2,1-2H3;1H. The van der Waals surface area contributed by atoms with E-state index in [1.54, 1.807) is 0 Å². The second-order valence-corrected chi connectivity index (χ2v) is 6.03. The summed E-state index contributed by atoms with van der Waals surface area (Å²) in [5.41, 5.74) is 0.420. The minimum atomic E-state index is 0. The van der Waals surface area contributed by atoms with E-state index in [2.05, 4.69) is 24.1 Å². The van der Waals surface area contributed by atoms with Gasteiger partial charge < -0.3 is 10.2 Å². The number of nitrogens with one attached hydrogen (secondary N) is 1. The van der Waals surface area contributed by atoms with Crippen LogP contribution in [-0.4, -0.2) is 37.0 Å². The molecule has 1 atom stereocenters. The second kappa shape index (κ2) is 6.05. The third-order valence-corrected chi connectivity index (χ3v) is 4.06. The van der Waals surface area contributed by atoms with Gasteiger partial charge in [-0.3, -0.25) is 4.79 Å². The SMILES string of the molecule is CC1(C)CCCN(C(=O)C2CCNC2)CC1.Cl. The lowest BCUT2D eigenvalue weighted by atomic mass is 9.85. The molecule has 0 bridgehead atoms. The van der Waals surface area contributed by atoms with E-state index >= 15 is 0 Å². The molecule has 2 aliphatic heterocycles. The van der Waals surface area contributed by atoms with Gasteiger partial charge in [0.05, 0.1) is 5.92 Å². The second-order valence-electron chi connectivity index (χ2n) is 6.03. The van der Waals surface area contributed by atoms with E-state index < -0.39 is 0 Å². The summed E-state index contributed by atoms with van der Waals surface area (Å²) in [5, 5.41) is 3.28. The maximum Gasteiger partial charge on any atom is 0.227 e. The fraction of sp³-hybridized carbons (Fsp3) is 0.923. The number of nitrogens with zero attached hydrogens (tertiary/aromatic N) is 1. The quantitative estimate of drug-likeness (QED) is 0.783. The zero-order valence-electron chi connectivity index (χ0n) is 11.0. The van der Waals surface area contributed by atoms with Crippen molar-refractivity contribution in [1.29, 1.82) is 0 Å². The molecule has 0 saturated carbocycles. The van der Waals surface area contributed by atoms with E-state index in [9.17, 15) is 4.79 Å². The van der Waals surface area contributed by atoms with Crippen molar-refractivity contribution < 1.29 is 4.79 Å². The van der Waals surface area contributed by atoms with Gasteiger partial charge in [-0.05, 0) is 37.6 Å². The predicted molar refractivity (Wildman–Crippen MR) is 72.4 cm³/mol. The van der Waals surface area contributed by atoms with Gasteiger partial charge >= 0.3 is 0 Å². The van der Waals surface area contributed by atoms with Crippen LogP contribution in [0, 0.1) is 11.3 Å². The van der Waals surface area contributed by atoms with Crippen molar-refractivity contribution in [3.8, 4) is 0 Å². The van der Waals surface area contributed by atoms with Crippen LogP contribution in [0.15, 0.2) is 0 Å². The number of carbonyl (C=O) groups excluding carboxylic acids is 1. The van der Waals surface area contributed by atoms with E-state index in [4.69, 9.17) is 0 Å². The maximum atomic E-state index is 12.3. The van der Waals surface area contributed by atoms with Gasteiger partial charge in [0.25, 0.3) is 0 Å². The molecule has 2 heterocycles. The van der Waals surface area contributed by atoms with Crippen LogP contribution < -0.4 is 5.32 Å². The van der Waals surface area contributed by atoms with Gasteiger partial charge in [-0.1, -0.05) is 13.8 Å². The third kappa shape index (κ3) is 3.85. The fourth-order valence-corrected chi connectivity index (χ4v) is 2.77. The number of likely N-dealkylation sites (tertiary alicyclic amines) is 1. The van der Waals surface area contributed by atoms with Crippen LogP contribution in [0.25, 0.3) is 0 Å². The van der Waals surface area contributed by atoms with Crippen molar-refractivity contribution in [2.45, 2.75) is 39.5 Å². The Hall–Kier alpha value is -0.280. The molecular weight excluding hydrogens is 236 g/mol. The molecule has 0 aromatic carbocycles. The largest absolute Gasteiger partial charge is 0.342 e. The lowest BCUT2D eigenvalue weighted by molar-refractivity contribution is -0.134. The summed E-state index contributed by atoms with van der Waals surface area (Å²) in [6, 6.07) is 0. The highest BCUT2D eigenvalue weighted by atomic mass is 35.5. The molecule has 0 aromatic heterocycles. The van der Waals surface area contributed by atoms with Gasteiger partial charge in [0.2, 0.25) is 5.91 Å². The average molecular weight is 261 g/mol. The lowest BCUT2D eigenvalue weighted by Crippen LogP contribution is -2.38. The number of hydrogen-bond donors (Lipinski definition) is 1. The maximum absolute atomic E-state index is 12.3. The number of carbonyl (C=O) groups is 1. The van der Waals surface area contributed by atoms with Gasteiger partial charge in [0.1, 0.15) is 0 Å². The lowest BCUT2D eigenvalue weighted by Gasteiger charge is -2.25. The van der Waals surface area contributed by atoms with Crippen LogP contribution in [0.4, 0.5) is 0 Å². The third-order valence-electron chi connectivity index (χ3n) is 4.06. The first kappa shape index (κ1) is 14.8. The summed E-state index contributed by atoms with van der Waals surface area (Å²) in [4.78, 5) is 14.4. The normalized spacial score (nSPS) is 28.4. The van der Waals surface area contributed by atoms with E-state index in [0.29, 0.717) is 11.3 Å². The van der Waals surface area contributed by atoms with Crippen LogP contribution in [0.2, 0.25) is 0 Å². The Kier molecular flexibility index (Phi) is 5.26. The van der Waals surface area contributed by atoms with Crippen molar-refractivity contribution in [2.24, 2.45) is 11.3 Å². The van der Waals surface area contributed by atoms with E-state index in [1.165, 1.54) is 12.8 Å². The van der Waals surface area contributed by atoms with Crippen molar-refractivity contribution in [1.82, 2.24) is 10.2 Å². The van der Waals surface area contributed by atoms with Crippen molar-refractivity contribution in [3.63, 3.8) is 0 Å². The highest BCUT2D eigenvalue weighted by Gasteiger charge is 2.30. The first-order valence-corrected chi connectivity index (χ1v) is 6.58. The average Bonchev–Trinajstić information content (AvgIpc) is 2.69. The Labute approximate surface area is 111 Å². The minimum Gasteiger partial charge on any atom is -0.342 e. The summed E-state index contributed by atoms with van der Waals surface area (Å²) in [5.74, 6) is 0.643. The zero-order valence-corrected chi connectivity index (χ0v) is 11.8. The van der Waals surface area contributed by atoms with Gasteiger partial charge in [0, 0.05) is 19.6 Å². The van der Waals surface area contributed by atoms with Crippen LogP contribution >= 0.6 is 12.4 Å². The monoisotopic (exact) mass is 260 g/mol. The summed E-state index contributed by atoms with van der Waals surface area (Å²) in [7, 11) is 0. The first-order chi connectivity index (χ1) is 7.58. The van der Waals surface area contributed by atoms with Crippen molar-refractivity contribution >= 4 is 18.3 Å². The first-order valence-electron chi connectivity index (χ1n) is 6.58. The van der Waals surface area contributed by atoms with Crippen LogP contribution in [-0.2, 0) is 4.79 Å². The van der Waals surface area contributed by atoms with E-state index in [1.807, 2.05) is 0 Å². The molecule has 0 aromatic rings. The van der Waals surface area contributed by atoms with Crippen LogP contribution in [0.1, 0.15) is 39.5 Å². The topological polar surface area (TPSA) is 32.3 Å². The smallest absolute Gasteiger partial charge is 0.227 e. The fourth-order valence-electron chi connectivity index (χ4n) is 2.77. The van der Waals surface area contributed by atoms with Crippen LogP contribution in [0.5, 0.6) is 0 Å². The molecule has 3 nitrogen and oxygen atoms in total. The molecule has 2 fully saturated rings. The molecule has 0 radical (unpaired) electrons. The molecule has 4 heteroatoms. The highest BCUT2D eigenvalue weighted by molar-refractivity contribution is 5.85. The van der Waals surface area contributed by atoms with E-state index in [-0.39, 0.29) is 18.3 Å². The molecule has 1 amide bonds. The zero-order chi connectivity index (χ0) is 11.6. The number of rotatable bonds is 1. The minimum absolute atomic E-state index is 0. The Morgan fingerprint density at radius 2 is 2.06 bits per heavy atom. The van der Waals surface area contributed by atoms with Gasteiger partial charge in [0.15, 0.2) is 0 Å². The Bertz CT molecular complexity index is 262. The Morgan fingerprint density at radius 3 is 2.71 bits per heavy atom. The molecule has 2 aliphatic rings. The molecule has 100 valence electrons. The van der Waals surface area contributed by atoms with Crippen molar-refractivity contribution in [3.05, 3.63) is 0 Å².